The van der Waals surface area contributed by atoms with Gasteiger partial charge in [-0.1, -0.05) is 107 Å². The molecular weight excluding hydrogens is 556 g/mol. The Balaban J connectivity index is 0.000000246. The lowest BCUT2D eigenvalue weighted by Crippen LogP contribution is -2.37. The SMILES string of the molecule is CCC(C)(C)C(=O)OC(C)(CC)c1ccc2ccccc2c1.CCC(C)(C)C(=O)OC(CC)(CC)c1ccc2ccccc2c1. The van der Waals surface area contributed by atoms with Crippen molar-refractivity contribution in [1.29, 1.82) is 0 Å². The number of benzene rings is 4. The smallest absolute Gasteiger partial charge is 0.312 e. The number of carbonyl (C=O) groups is 2. The van der Waals surface area contributed by atoms with E-state index >= 15 is 0 Å². The highest BCUT2D eigenvalue weighted by Crippen LogP contribution is 2.38. The van der Waals surface area contributed by atoms with Crippen LogP contribution in [0.5, 0.6) is 0 Å². The normalized spacial score (nSPS) is 13.5. The molecule has 0 aliphatic carbocycles. The molecule has 0 saturated heterocycles. The monoisotopic (exact) mass is 610 g/mol. The van der Waals surface area contributed by atoms with Crippen molar-refractivity contribution < 1.29 is 19.1 Å². The number of fused-ring (bicyclic) bond motifs is 2. The summed E-state index contributed by atoms with van der Waals surface area (Å²) in [4.78, 5) is 25.1. The lowest BCUT2D eigenvalue weighted by atomic mass is 9.85. The summed E-state index contributed by atoms with van der Waals surface area (Å²) in [5.74, 6) is -0.246. The maximum Gasteiger partial charge on any atom is 0.312 e. The largest absolute Gasteiger partial charge is 0.454 e. The third-order valence-electron chi connectivity index (χ3n) is 9.93. The van der Waals surface area contributed by atoms with Crippen molar-refractivity contribution in [1.82, 2.24) is 0 Å². The second kappa shape index (κ2) is 14.6. The van der Waals surface area contributed by atoms with Gasteiger partial charge in [0.15, 0.2) is 0 Å². The minimum atomic E-state index is -0.590. The van der Waals surface area contributed by atoms with E-state index in [0.717, 1.165) is 43.2 Å². The Morgan fingerprint density at radius 3 is 1.31 bits per heavy atom. The minimum Gasteiger partial charge on any atom is -0.454 e. The maximum atomic E-state index is 12.6. The molecule has 4 aromatic rings. The van der Waals surface area contributed by atoms with E-state index in [1.54, 1.807) is 0 Å². The van der Waals surface area contributed by atoms with E-state index < -0.39 is 22.0 Å². The van der Waals surface area contributed by atoms with Gasteiger partial charge >= 0.3 is 11.9 Å². The first-order valence-corrected chi connectivity index (χ1v) is 16.7. The van der Waals surface area contributed by atoms with Crippen LogP contribution in [0.25, 0.3) is 21.5 Å². The van der Waals surface area contributed by atoms with Crippen molar-refractivity contribution >= 4 is 33.5 Å². The van der Waals surface area contributed by atoms with E-state index in [2.05, 4.69) is 81.4 Å². The van der Waals surface area contributed by atoms with E-state index in [4.69, 9.17) is 9.47 Å². The molecule has 0 aromatic heterocycles. The first-order valence-electron chi connectivity index (χ1n) is 16.7. The van der Waals surface area contributed by atoms with Crippen LogP contribution in [0.3, 0.4) is 0 Å². The zero-order valence-corrected chi connectivity index (χ0v) is 29.3. The van der Waals surface area contributed by atoms with Crippen molar-refractivity contribution in [3.63, 3.8) is 0 Å². The van der Waals surface area contributed by atoms with Gasteiger partial charge in [0.1, 0.15) is 11.2 Å². The van der Waals surface area contributed by atoms with Crippen LogP contribution in [0.15, 0.2) is 84.9 Å². The van der Waals surface area contributed by atoms with Gasteiger partial charge in [-0.15, -0.1) is 0 Å². The molecule has 0 radical (unpaired) electrons. The molecule has 1 unspecified atom stereocenters. The van der Waals surface area contributed by atoms with Crippen molar-refractivity contribution in [2.45, 2.75) is 113 Å². The Hall–Kier alpha value is -3.66. The van der Waals surface area contributed by atoms with Crippen molar-refractivity contribution in [3.05, 3.63) is 96.1 Å². The molecule has 0 amide bonds. The van der Waals surface area contributed by atoms with Gasteiger partial charge in [0.25, 0.3) is 0 Å². The number of carbonyl (C=O) groups excluding carboxylic acids is 2. The first kappa shape index (κ1) is 35.8. The standard InChI is InChI=1S/C21H28O2.C20H26O2/c1-6-20(4,5)19(22)23-21(7-2,8-3)18-14-13-16-11-9-10-12-17(16)15-18;1-6-19(3,4)18(21)22-20(5,7-2)17-13-12-15-10-8-9-11-16(15)14-17/h9-15H,6-8H2,1-5H3;8-14H,6-7H2,1-5H3. The maximum absolute atomic E-state index is 12.6. The van der Waals surface area contributed by atoms with Crippen LogP contribution in [0.1, 0.15) is 112 Å². The number of rotatable bonds is 11. The Morgan fingerprint density at radius 1 is 0.489 bits per heavy atom. The number of esters is 2. The molecule has 0 bridgehead atoms. The van der Waals surface area contributed by atoms with Crippen molar-refractivity contribution in [3.8, 4) is 0 Å². The van der Waals surface area contributed by atoms with E-state index in [9.17, 15) is 9.59 Å². The van der Waals surface area contributed by atoms with Gasteiger partial charge in [0, 0.05) is 0 Å². The van der Waals surface area contributed by atoms with E-state index in [1.807, 2.05) is 72.7 Å². The van der Waals surface area contributed by atoms with Gasteiger partial charge in [-0.25, -0.2) is 0 Å². The Bertz CT molecular complexity index is 1590. The van der Waals surface area contributed by atoms with Crippen LogP contribution < -0.4 is 0 Å². The van der Waals surface area contributed by atoms with Gasteiger partial charge in [-0.2, -0.15) is 0 Å². The molecule has 0 aliphatic rings. The predicted molar refractivity (Wildman–Crippen MR) is 188 cm³/mol. The van der Waals surface area contributed by atoms with Gasteiger partial charge in [0.2, 0.25) is 0 Å². The van der Waals surface area contributed by atoms with Crippen LogP contribution in [0.2, 0.25) is 0 Å². The Kier molecular flexibility index (Phi) is 11.6. The molecule has 0 spiro atoms. The molecule has 0 heterocycles. The Labute approximate surface area is 271 Å². The highest BCUT2D eigenvalue weighted by atomic mass is 16.6. The van der Waals surface area contributed by atoms with Gasteiger partial charge in [-0.3, -0.25) is 9.59 Å². The van der Waals surface area contributed by atoms with E-state index in [-0.39, 0.29) is 11.9 Å². The third-order valence-corrected chi connectivity index (χ3v) is 9.93. The summed E-state index contributed by atoms with van der Waals surface area (Å²) in [5.41, 5.74) is 0.0938. The van der Waals surface area contributed by atoms with Gasteiger partial charge < -0.3 is 9.47 Å². The fourth-order valence-corrected chi connectivity index (χ4v) is 5.13. The third kappa shape index (κ3) is 8.14. The average Bonchev–Trinajstić information content (AvgIpc) is 3.06. The summed E-state index contributed by atoms with van der Waals surface area (Å²) in [7, 11) is 0. The van der Waals surface area contributed by atoms with Crippen molar-refractivity contribution in [2.24, 2.45) is 10.8 Å². The lowest BCUT2D eigenvalue weighted by Gasteiger charge is -2.35. The number of hydrogen-bond donors (Lipinski definition) is 0. The summed E-state index contributed by atoms with van der Waals surface area (Å²) in [6, 6.07) is 29.2. The summed E-state index contributed by atoms with van der Waals surface area (Å²) in [6.45, 7) is 20.0. The molecule has 1 atom stereocenters. The van der Waals surface area contributed by atoms with Crippen LogP contribution in [-0.4, -0.2) is 11.9 Å². The molecule has 0 fully saturated rings. The fourth-order valence-electron chi connectivity index (χ4n) is 5.13. The summed E-state index contributed by atoms with van der Waals surface area (Å²) in [6.07, 6.45) is 3.83. The molecule has 4 aromatic carbocycles. The van der Waals surface area contributed by atoms with Crippen LogP contribution in [0.4, 0.5) is 0 Å². The average molecular weight is 611 g/mol. The molecule has 0 aliphatic heterocycles. The second-order valence-electron chi connectivity index (χ2n) is 13.7. The van der Waals surface area contributed by atoms with Crippen molar-refractivity contribution in [2.75, 3.05) is 0 Å². The quantitative estimate of drug-likeness (QED) is 0.159. The Morgan fingerprint density at radius 2 is 0.889 bits per heavy atom. The zero-order valence-electron chi connectivity index (χ0n) is 29.3. The van der Waals surface area contributed by atoms with Crippen LogP contribution in [-0.2, 0) is 30.3 Å². The van der Waals surface area contributed by atoms with E-state index in [0.29, 0.717) is 0 Å². The highest BCUT2D eigenvalue weighted by Gasteiger charge is 2.38. The molecule has 0 saturated carbocycles. The summed E-state index contributed by atoms with van der Waals surface area (Å²) < 4.78 is 12.0. The summed E-state index contributed by atoms with van der Waals surface area (Å²) in [5, 5.41) is 4.76. The predicted octanol–water partition coefficient (Wildman–Crippen LogP) is 11.3. The lowest BCUT2D eigenvalue weighted by molar-refractivity contribution is -0.173. The molecular formula is C41H54O4. The molecule has 4 rings (SSSR count). The van der Waals surface area contributed by atoms with Gasteiger partial charge in [0.05, 0.1) is 10.8 Å². The highest BCUT2D eigenvalue weighted by molar-refractivity contribution is 5.84. The topological polar surface area (TPSA) is 52.6 Å². The first-order chi connectivity index (χ1) is 21.2. The van der Waals surface area contributed by atoms with E-state index in [1.165, 1.54) is 21.5 Å². The molecule has 45 heavy (non-hydrogen) atoms. The molecule has 242 valence electrons. The van der Waals surface area contributed by atoms with Crippen LogP contribution >= 0.6 is 0 Å². The molecule has 4 heteroatoms. The fraction of sp³-hybridized carbons (Fsp3) is 0.463. The molecule has 0 N–H and O–H groups in total. The zero-order chi connectivity index (χ0) is 33.5. The molecule has 4 nitrogen and oxygen atoms in total. The van der Waals surface area contributed by atoms with Crippen LogP contribution in [0, 0.1) is 10.8 Å². The number of ether oxygens (including phenoxy) is 2. The second-order valence-corrected chi connectivity index (χ2v) is 13.7. The number of hydrogen-bond acceptors (Lipinski definition) is 4. The minimum absolute atomic E-state index is 0.114. The summed E-state index contributed by atoms with van der Waals surface area (Å²) >= 11 is 0. The van der Waals surface area contributed by atoms with Gasteiger partial charge in [-0.05, 0) is 112 Å².